The minimum absolute atomic E-state index is 0.173. The van der Waals surface area contributed by atoms with Gasteiger partial charge in [0, 0.05) is 12.3 Å². The molecular formula is C23H46N2O2. The van der Waals surface area contributed by atoms with Crippen LogP contribution in [0, 0.1) is 0 Å². The Morgan fingerprint density at radius 1 is 0.815 bits per heavy atom. The molecule has 0 bridgehead atoms. The van der Waals surface area contributed by atoms with Crippen molar-refractivity contribution in [2.45, 2.75) is 103 Å². The Kier molecular flexibility index (Phi) is 19.2. The summed E-state index contributed by atoms with van der Waals surface area (Å²) in [6, 6.07) is 0. The van der Waals surface area contributed by atoms with Gasteiger partial charge in [-0.3, -0.25) is 9.79 Å². The molecule has 0 unspecified atom stereocenters. The highest BCUT2D eigenvalue weighted by molar-refractivity contribution is 5.98. The summed E-state index contributed by atoms with van der Waals surface area (Å²) >= 11 is 0. The van der Waals surface area contributed by atoms with Gasteiger partial charge in [0.15, 0.2) is 0 Å². The fraction of sp³-hybridized carbons (Fsp3) is 0.913. The second kappa shape index (κ2) is 19.9. The van der Waals surface area contributed by atoms with E-state index in [0.717, 1.165) is 31.6 Å². The minimum Gasteiger partial charge on any atom is -0.469 e. The molecule has 0 atom stereocenters. The first-order valence-electron chi connectivity index (χ1n) is 11.3. The van der Waals surface area contributed by atoms with Crippen LogP contribution in [0.3, 0.4) is 0 Å². The summed E-state index contributed by atoms with van der Waals surface area (Å²) in [5.74, 6) is -0.173. The Labute approximate surface area is 169 Å². The number of hydrogen-bond donors (Lipinski definition) is 0. The summed E-state index contributed by atoms with van der Waals surface area (Å²) in [7, 11) is 5.54. The summed E-state index contributed by atoms with van der Waals surface area (Å²) in [5, 5.41) is 0. The molecule has 0 amide bonds. The summed E-state index contributed by atoms with van der Waals surface area (Å²) in [6.45, 7) is 3.96. The highest BCUT2D eigenvalue weighted by Crippen LogP contribution is 2.13. The molecule has 0 aromatic carbocycles. The highest BCUT2D eigenvalue weighted by Gasteiger charge is 2.07. The van der Waals surface area contributed by atoms with Gasteiger partial charge in [0.25, 0.3) is 0 Å². The Hall–Kier alpha value is -0.900. The molecule has 160 valence electrons. The average Bonchev–Trinajstić information content (AvgIpc) is 2.64. The maximum atomic E-state index is 11.5. The molecule has 0 heterocycles. The number of carbonyl (C=O) groups is 1. The summed E-state index contributed by atoms with van der Waals surface area (Å²) in [4.78, 5) is 18.3. The van der Waals surface area contributed by atoms with Crippen molar-refractivity contribution >= 4 is 11.7 Å². The second-order valence-electron chi connectivity index (χ2n) is 8.00. The predicted molar refractivity (Wildman–Crippen MR) is 118 cm³/mol. The van der Waals surface area contributed by atoms with E-state index in [1.165, 1.54) is 84.2 Å². The SMILES string of the molecule is CCCCCCCCCCCCCCCC(CC(=O)OC)=NCCN(C)C. The Morgan fingerprint density at radius 3 is 1.74 bits per heavy atom. The molecule has 0 fully saturated rings. The van der Waals surface area contributed by atoms with Crippen molar-refractivity contribution < 1.29 is 9.53 Å². The zero-order valence-electron chi connectivity index (χ0n) is 18.7. The van der Waals surface area contributed by atoms with Crippen LogP contribution in [0.25, 0.3) is 0 Å². The maximum Gasteiger partial charge on any atom is 0.311 e. The predicted octanol–water partition coefficient (Wildman–Crippen LogP) is 6.03. The van der Waals surface area contributed by atoms with Gasteiger partial charge in [-0.1, -0.05) is 84.0 Å². The zero-order chi connectivity index (χ0) is 20.2. The van der Waals surface area contributed by atoms with Crippen LogP contribution in [0.2, 0.25) is 0 Å². The molecule has 27 heavy (non-hydrogen) atoms. The smallest absolute Gasteiger partial charge is 0.311 e. The van der Waals surface area contributed by atoms with Crippen molar-refractivity contribution in [1.29, 1.82) is 0 Å². The summed E-state index contributed by atoms with van der Waals surface area (Å²) < 4.78 is 4.80. The molecule has 0 aromatic rings. The molecule has 0 aliphatic heterocycles. The Morgan fingerprint density at radius 2 is 1.30 bits per heavy atom. The first-order valence-corrected chi connectivity index (χ1v) is 11.3. The lowest BCUT2D eigenvalue weighted by Crippen LogP contribution is -2.17. The van der Waals surface area contributed by atoms with E-state index in [1.54, 1.807) is 0 Å². The quantitative estimate of drug-likeness (QED) is 0.155. The van der Waals surface area contributed by atoms with Gasteiger partial charge in [0.2, 0.25) is 0 Å². The number of rotatable bonds is 19. The zero-order valence-corrected chi connectivity index (χ0v) is 18.7. The Balaban J connectivity index is 3.65. The molecule has 0 aliphatic carbocycles. The molecule has 0 rings (SSSR count). The van der Waals surface area contributed by atoms with Gasteiger partial charge in [-0.2, -0.15) is 0 Å². The van der Waals surface area contributed by atoms with E-state index in [9.17, 15) is 4.79 Å². The average molecular weight is 383 g/mol. The van der Waals surface area contributed by atoms with Gasteiger partial charge >= 0.3 is 5.97 Å². The topological polar surface area (TPSA) is 41.9 Å². The van der Waals surface area contributed by atoms with Crippen molar-refractivity contribution in [2.24, 2.45) is 4.99 Å². The molecule has 0 radical (unpaired) electrons. The third-order valence-corrected chi connectivity index (χ3v) is 5.03. The van der Waals surface area contributed by atoms with Crippen molar-refractivity contribution in [3.05, 3.63) is 0 Å². The van der Waals surface area contributed by atoms with Crippen LogP contribution in [-0.4, -0.2) is 50.9 Å². The van der Waals surface area contributed by atoms with Crippen molar-refractivity contribution in [3.8, 4) is 0 Å². The largest absolute Gasteiger partial charge is 0.469 e. The number of esters is 1. The second-order valence-corrected chi connectivity index (χ2v) is 8.00. The van der Waals surface area contributed by atoms with Crippen LogP contribution in [0.4, 0.5) is 0 Å². The molecular weight excluding hydrogens is 336 g/mol. The van der Waals surface area contributed by atoms with Crippen molar-refractivity contribution in [3.63, 3.8) is 0 Å². The van der Waals surface area contributed by atoms with E-state index in [0.29, 0.717) is 6.42 Å². The van der Waals surface area contributed by atoms with Gasteiger partial charge < -0.3 is 9.64 Å². The number of ether oxygens (including phenoxy) is 1. The minimum atomic E-state index is -0.173. The molecule has 0 saturated heterocycles. The maximum absolute atomic E-state index is 11.5. The fourth-order valence-corrected chi connectivity index (χ4v) is 3.22. The highest BCUT2D eigenvalue weighted by atomic mass is 16.5. The van der Waals surface area contributed by atoms with E-state index in [-0.39, 0.29) is 5.97 Å². The molecule has 0 N–H and O–H groups in total. The van der Waals surface area contributed by atoms with E-state index in [4.69, 9.17) is 4.74 Å². The van der Waals surface area contributed by atoms with Gasteiger partial charge in [0.1, 0.15) is 0 Å². The van der Waals surface area contributed by atoms with Crippen LogP contribution in [0.1, 0.15) is 103 Å². The van der Waals surface area contributed by atoms with Crippen LogP contribution in [-0.2, 0) is 9.53 Å². The van der Waals surface area contributed by atoms with Gasteiger partial charge in [0.05, 0.1) is 20.1 Å². The van der Waals surface area contributed by atoms with E-state index < -0.39 is 0 Å². The van der Waals surface area contributed by atoms with E-state index >= 15 is 0 Å². The fourth-order valence-electron chi connectivity index (χ4n) is 3.22. The lowest BCUT2D eigenvalue weighted by Gasteiger charge is -2.09. The number of unbranched alkanes of at least 4 members (excludes halogenated alkanes) is 12. The van der Waals surface area contributed by atoms with E-state index in [1.807, 2.05) is 14.1 Å². The molecule has 4 nitrogen and oxygen atoms in total. The van der Waals surface area contributed by atoms with Crippen molar-refractivity contribution in [2.75, 3.05) is 34.3 Å². The van der Waals surface area contributed by atoms with E-state index in [2.05, 4.69) is 16.8 Å². The number of aliphatic imine (C=N–C) groups is 1. The molecule has 0 saturated carbocycles. The van der Waals surface area contributed by atoms with Crippen LogP contribution < -0.4 is 0 Å². The van der Waals surface area contributed by atoms with Gasteiger partial charge in [-0.15, -0.1) is 0 Å². The third-order valence-electron chi connectivity index (χ3n) is 5.03. The first kappa shape index (κ1) is 26.1. The Bertz CT molecular complexity index is 367. The van der Waals surface area contributed by atoms with Crippen LogP contribution >= 0.6 is 0 Å². The van der Waals surface area contributed by atoms with Crippen molar-refractivity contribution in [1.82, 2.24) is 4.90 Å². The standard InChI is InChI=1S/C23H46N2O2/c1-5-6-7-8-9-10-11-12-13-14-15-16-17-18-22(21-23(26)27-4)24-19-20-25(2)3/h5-21H2,1-4H3. The molecule has 0 aromatic heterocycles. The first-order chi connectivity index (χ1) is 13.1. The van der Waals surface area contributed by atoms with Gasteiger partial charge in [-0.25, -0.2) is 0 Å². The number of likely N-dealkylation sites (N-methyl/N-ethyl adjacent to an activating group) is 1. The lowest BCUT2D eigenvalue weighted by atomic mass is 10.0. The van der Waals surface area contributed by atoms with Crippen LogP contribution in [0.15, 0.2) is 4.99 Å². The van der Waals surface area contributed by atoms with Gasteiger partial charge in [-0.05, 0) is 26.9 Å². The number of hydrogen-bond acceptors (Lipinski definition) is 4. The summed E-state index contributed by atoms with van der Waals surface area (Å²) in [5.41, 5.74) is 1.01. The monoisotopic (exact) mass is 382 g/mol. The number of carbonyl (C=O) groups excluding carboxylic acids is 1. The number of nitrogens with zero attached hydrogens (tertiary/aromatic N) is 2. The third kappa shape index (κ3) is 19.7. The molecule has 0 spiro atoms. The molecule has 0 aliphatic rings. The lowest BCUT2D eigenvalue weighted by molar-refractivity contribution is -0.139. The summed E-state index contributed by atoms with van der Waals surface area (Å²) in [6.07, 6.45) is 18.9. The normalized spacial score (nSPS) is 12.0. The number of methoxy groups -OCH3 is 1. The van der Waals surface area contributed by atoms with Crippen LogP contribution in [0.5, 0.6) is 0 Å². The molecule has 4 heteroatoms.